The molecular formula is C44H70O17. The predicted octanol–water partition coefficient (Wildman–Crippen LogP) is -0.0319. The van der Waals surface area contributed by atoms with Gasteiger partial charge in [0.15, 0.2) is 24.7 Å². The molecule has 17 nitrogen and oxygen atoms in total. The highest BCUT2D eigenvalue weighted by atomic mass is 16.8. The van der Waals surface area contributed by atoms with E-state index in [2.05, 4.69) is 33.8 Å². The van der Waals surface area contributed by atoms with Crippen LogP contribution in [0.25, 0.3) is 0 Å². The molecule has 3 saturated carbocycles. The molecule has 17 heteroatoms. The summed E-state index contributed by atoms with van der Waals surface area (Å²) in [6.45, 7) is 10.1. The van der Waals surface area contributed by atoms with Crippen LogP contribution in [0.1, 0.15) is 92.4 Å². The molecule has 0 unspecified atom stereocenters. The van der Waals surface area contributed by atoms with E-state index in [1.54, 1.807) is 0 Å². The van der Waals surface area contributed by atoms with Crippen molar-refractivity contribution in [3.63, 3.8) is 0 Å². The normalized spacial score (nSPS) is 58.4. The second kappa shape index (κ2) is 16.4. The highest BCUT2D eigenvalue weighted by Crippen LogP contribution is 2.72. The van der Waals surface area contributed by atoms with Crippen molar-refractivity contribution in [2.45, 2.75) is 202 Å². The second-order valence-electron chi connectivity index (χ2n) is 20.7. The monoisotopic (exact) mass is 870 g/mol. The van der Waals surface area contributed by atoms with Crippen LogP contribution in [-0.4, -0.2) is 175 Å². The third kappa shape index (κ3) is 7.06. The standard InChI is InChI=1S/C44H70O17/c1-19-8-13-43(55-17-19)21(3)44(53)29(61-43)15-26-24-7-6-22-14-23(9-11-41(22,4)25(24)10-12-42(26,44)5)57-40-37(60-39-34(51)32(49)30(47)20(2)56-39)35(52)36(28(16-45)58-40)59-38-33(50)31(48)27(46)18-54-38/h6,19-21,23-40,45-53H,7-18H2,1-5H3/t19-,20+,21-,23+,24-,25+,26+,27-,28-,29+,30+,31+,32-,33-,34-,35+,36-,37-,38+,39+,40-,41+,42+,43-,44-/m1/s1. The summed E-state index contributed by atoms with van der Waals surface area (Å²) in [6, 6.07) is 0. The molecule has 9 N–H and O–H groups in total. The molecule has 5 saturated heterocycles. The van der Waals surface area contributed by atoms with Crippen molar-refractivity contribution in [2.24, 2.45) is 40.4 Å². The molecule has 9 rings (SSSR count). The lowest BCUT2D eigenvalue weighted by Crippen LogP contribution is -2.66. The molecule has 0 aromatic rings. The molecule has 0 amide bonds. The fourth-order valence-electron chi connectivity index (χ4n) is 13.7. The van der Waals surface area contributed by atoms with E-state index in [4.69, 9.17) is 37.9 Å². The van der Waals surface area contributed by atoms with Gasteiger partial charge in [0.05, 0.1) is 38.1 Å². The molecule has 348 valence electrons. The van der Waals surface area contributed by atoms with Gasteiger partial charge >= 0.3 is 0 Å². The molecule has 0 bridgehead atoms. The molecule has 0 aromatic carbocycles. The highest BCUT2D eigenvalue weighted by Gasteiger charge is 2.76. The van der Waals surface area contributed by atoms with Gasteiger partial charge in [-0.1, -0.05) is 39.3 Å². The minimum Gasteiger partial charge on any atom is -0.394 e. The van der Waals surface area contributed by atoms with Gasteiger partial charge < -0.3 is 83.9 Å². The molecular weight excluding hydrogens is 800 g/mol. The lowest BCUT2D eigenvalue weighted by atomic mass is 9.46. The summed E-state index contributed by atoms with van der Waals surface area (Å²) >= 11 is 0. The Hall–Kier alpha value is -0.940. The zero-order valence-corrected chi connectivity index (χ0v) is 36.0. The molecule has 25 atom stereocenters. The Morgan fingerprint density at radius 3 is 2.20 bits per heavy atom. The summed E-state index contributed by atoms with van der Waals surface area (Å²) in [5.41, 5.74) is -0.101. The smallest absolute Gasteiger partial charge is 0.187 e. The van der Waals surface area contributed by atoms with Gasteiger partial charge in [-0.25, -0.2) is 0 Å². The quantitative estimate of drug-likeness (QED) is 0.152. The van der Waals surface area contributed by atoms with Crippen LogP contribution in [0, 0.1) is 40.4 Å². The van der Waals surface area contributed by atoms with Crippen LogP contribution in [0.4, 0.5) is 0 Å². The molecule has 61 heavy (non-hydrogen) atoms. The van der Waals surface area contributed by atoms with E-state index >= 15 is 0 Å². The Kier molecular flexibility index (Phi) is 12.2. The second-order valence-corrected chi connectivity index (χ2v) is 20.7. The Balaban J connectivity index is 0.921. The summed E-state index contributed by atoms with van der Waals surface area (Å²) in [5, 5.41) is 97.9. The fraction of sp³-hybridized carbons (Fsp3) is 0.955. The lowest BCUT2D eigenvalue weighted by Gasteiger charge is -2.60. The number of aliphatic hydroxyl groups excluding tert-OH is 8. The minimum atomic E-state index is -1.72. The van der Waals surface area contributed by atoms with Gasteiger partial charge in [-0.05, 0) is 87.4 Å². The van der Waals surface area contributed by atoms with Crippen molar-refractivity contribution in [1.29, 1.82) is 0 Å². The van der Waals surface area contributed by atoms with Crippen LogP contribution in [0.5, 0.6) is 0 Å². The molecule has 9 aliphatic rings. The average Bonchev–Trinajstić information content (AvgIpc) is 3.59. The van der Waals surface area contributed by atoms with Crippen molar-refractivity contribution in [3.05, 3.63) is 11.6 Å². The van der Waals surface area contributed by atoms with Crippen molar-refractivity contribution < 1.29 is 83.9 Å². The van der Waals surface area contributed by atoms with Crippen LogP contribution in [0.15, 0.2) is 11.6 Å². The van der Waals surface area contributed by atoms with Gasteiger partial charge in [-0.3, -0.25) is 0 Å². The summed E-state index contributed by atoms with van der Waals surface area (Å²) in [4.78, 5) is 0. The molecule has 1 spiro atoms. The van der Waals surface area contributed by atoms with E-state index in [0.717, 1.165) is 44.9 Å². The summed E-state index contributed by atoms with van der Waals surface area (Å²) < 4.78 is 49.5. The van der Waals surface area contributed by atoms with E-state index in [9.17, 15) is 46.0 Å². The summed E-state index contributed by atoms with van der Waals surface area (Å²) in [6.07, 6.45) is -11.5. The molecule has 4 aliphatic carbocycles. The first-order chi connectivity index (χ1) is 28.9. The van der Waals surface area contributed by atoms with Crippen molar-refractivity contribution in [3.8, 4) is 0 Å². The first-order valence-corrected chi connectivity index (χ1v) is 22.9. The molecule has 5 aliphatic heterocycles. The Labute approximate surface area is 357 Å². The van der Waals surface area contributed by atoms with Crippen molar-refractivity contribution >= 4 is 0 Å². The Bertz CT molecular complexity index is 1610. The van der Waals surface area contributed by atoms with E-state index in [-0.39, 0.29) is 29.5 Å². The van der Waals surface area contributed by atoms with Gasteiger partial charge in [-0.15, -0.1) is 0 Å². The topological polar surface area (TPSA) is 256 Å². The fourth-order valence-corrected chi connectivity index (χ4v) is 13.7. The maximum Gasteiger partial charge on any atom is 0.187 e. The van der Waals surface area contributed by atoms with Gasteiger partial charge in [-0.2, -0.15) is 0 Å². The van der Waals surface area contributed by atoms with E-state index in [0.29, 0.717) is 43.1 Å². The van der Waals surface area contributed by atoms with E-state index in [1.807, 2.05) is 0 Å². The number of hydrogen-bond donors (Lipinski definition) is 9. The number of hydrogen-bond acceptors (Lipinski definition) is 17. The number of aliphatic hydroxyl groups is 9. The number of fused-ring (bicyclic) bond motifs is 7. The predicted molar refractivity (Wildman–Crippen MR) is 210 cm³/mol. The minimum absolute atomic E-state index is 0.109. The maximum atomic E-state index is 12.8. The van der Waals surface area contributed by atoms with Crippen LogP contribution in [0.3, 0.4) is 0 Å². The maximum absolute atomic E-state index is 12.8. The van der Waals surface area contributed by atoms with Gasteiger partial charge in [0, 0.05) is 17.8 Å². The molecule has 0 radical (unpaired) electrons. The van der Waals surface area contributed by atoms with Gasteiger partial charge in [0.1, 0.15) is 66.6 Å². The van der Waals surface area contributed by atoms with E-state index < -0.39 is 110 Å². The summed E-state index contributed by atoms with van der Waals surface area (Å²) in [5.74, 6) is 0.693. The van der Waals surface area contributed by atoms with Gasteiger partial charge in [0.25, 0.3) is 0 Å². The third-order valence-electron chi connectivity index (χ3n) is 17.5. The zero-order chi connectivity index (χ0) is 43.6. The average molecular weight is 871 g/mol. The Morgan fingerprint density at radius 1 is 0.738 bits per heavy atom. The van der Waals surface area contributed by atoms with E-state index in [1.165, 1.54) is 12.5 Å². The lowest BCUT2D eigenvalue weighted by molar-refractivity contribution is -0.385. The molecule has 0 aromatic heterocycles. The number of ether oxygens (including phenoxy) is 8. The number of rotatable bonds is 7. The SMILES string of the molecule is C[C@@H]1CC[C@@]2(OC1)O[C@H]1C[C@H]3[C@@H]4CC=C5C[C@@H](O[C@@H]6O[C@H](CO)[C@@H](O[C@@H]7OC[C@@H](O)[C@H](O)[C@H]7O)[C@H](O)[C@H]6O[C@@H]6O[C@@H](C)[C@H](O)[C@@H](O)[C@H]6O)CC[C@]5(C)[C@H]4CC[C@]3(C)[C@@]1(O)[C@@H]2C. The van der Waals surface area contributed by atoms with Crippen molar-refractivity contribution in [1.82, 2.24) is 0 Å². The third-order valence-corrected chi connectivity index (χ3v) is 17.5. The first kappa shape index (κ1) is 45.2. The summed E-state index contributed by atoms with van der Waals surface area (Å²) in [7, 11) is 0. The largest absolute Gasteiger partial charge is 0.394 e. The number of allylic oxidation sites excluding steroid dienone is 1. The zero-order valence-electron chi connectivity index (χ0n) is 36.0. The molecule has 8 fully saturated rings. The van der Waals surface area contributed by atoms with Crippen LogP contribution < -0.4 is 0 Å². The van der Waals surface area contributed by atoms with Crippen LogP contribution in [-0.2, 0) is 37.9 Å². The highest BCUT2D eigenvalue weighted by molar-refractivity contribution is 5.29. The van der Waals surface area contributed by atoms with Crippen LogP contribution >= 0.6 is 0 Å². The first-order valence-electron chi connectivity index (χ1n) is 22.9. The van der Waals surface area contributed by atoms with Crippen molar-refractivity contribution in [2.75, 3.05) is 19.8 Å². The van der Waals surface area contributed by atoms with Gasteiger partial charge in [0.2, 0.25) is 0 Å². The Morgan fingerprint density at radius 2 is 1.48 bits per heavy atom. The van der Waals surface area contributed by atoms with Crippen LogP contribution in [0.2, 0.25) is 0 Å². The molecule has 5 heterocycles.